The third-order valence-electron chi connectivity index (χ3n) is 3.24. The van der Waals surface area contributed by atoms with Crippen LogP contribution in [0, 0.1) is 6.92 Å². The molecular formula is C13H19NO3S. The van der Waals surface area contributed by atoms with E-state index in [-0.39, 0.29) is 0 Å². The van der Waals surface area contributed by atoms with Gasteiger partial charge < -0.3 is 4.74 Å². The summed E-state index contributed by atoms with van der Waals surface area (Å²) in [4.78, 5) is 0.357. The number of aryl methyl sites for hydroxylation is 1. The minimum absolute atomic E-state index is 0.357. The lowest BCUT2D eigenvalue weighted by Crippen LogP contribution is -2.47. The summed E-state index contributed by atoms with van der Waals surface area (Å²) in [6.45, 7) is 7.75. The van der Waals surface area contributed by atoms with Crippen LogP contribution < -0.4 is 0 Å². The van der Waals surface area contributed by atoms with Gasteiger partial charge in [-0.2, -0.15) is 4.31 Å². The fraction of sp³-hybridized carbons (Fsp3) is 0.538. The van der Waals surface area contributed by atoms with E-state index < -0.39 is 21.8 Å². The summed E-state index contributed by atoms with van der Waals surface area (Å²) in [7, 11) is -3.52. The number of nitrogens with zero attached hydrogens (tertiary/aromatic N) is 1. The van der Waals surface area contributed by atoms with E-state index in [9.17, 15) is 8.42 Å². The average molecular weight is 269 g/mol. The zero-order valence-electron chi connectivity index (χ0n) is 11.2. The first-order valence-electron chi connectivity index (χ1n) is 5.98. The monoisotopic (exact) mass is 269 g/mol. The molecule has 0 radical (unpaired) electrons. The first kappa shape index (κ1) is 13.5. The number of rotatable bonds is 2. The Hall–Kier alpha value is -0.910. The van der Waals surface area contributed by atoms with Crippen LogP contribution >= 0.6 is 0 Å². The van der Waals surface area contributed by atoms with Crippen molar-refractivity contribution >= 4 is 10.0 Å². The van der Waals surface area contributed by atoms with Gasteiger partial charge in [0.15, 0.2) is 0 Å². The van der Waals surface area contributed by atoms with Gasteiger partial charge >= 0.3 is 0 Å². The molecule has 1 atom stereocenters. The second-order valence-electron chi connectivity index (χ2n) is 5.29. The summed E-state index contributed by atoms with van der Waals surface area (Å²) in [5.74, 6) is 0. The van der Waals surface area contributed by atoms with E-state index in [1.807, 2.05) is 32.9 Å². The first-order valence-corrected chi connectivity index (χ1v) is 7.42. The molecule has 5 heteroatoms. The topological polar surface area (TPSA) is 46.6 Å². The maximum Gasteiger partial charge on any atom is 0.246 e. The van der Waals surface area contributed by atoms with E-state index in [0.717, 1.165) is 5.56 Å². The van der Waals surface area contributed by atoms with Gasteiger partial charge in [-0.05, 0) is 39.3 Å². The van der Waals surface area contributed by atoms with Crippen molar-refractivity contribution < 1.29 is 13.2 Å². The summed E-state index contributed by atoms with van der Waals surface area (Å²) in [6, 6.07) is 7.03. The minimum Gasteiger partial charge on any atom is -0.360 e. The van der Waals surface area contributed by atoms with Crippen LogP contribution in [0.25, 0.3) is 0 Å². The molecule has 0 N–H and O–H groups in total. The molecular weight excluding hydrogens is 250 g/mol. The van der Waals surface area contributed by atoms with Crippen LogP contribution in [0.1, 0.15) is 26.3 Å². The van der Waals surface area contributed by atoms with Gasteiger partial charge in [0.1, 0.15) is 6.23 Å². The van der Waals surface area contributed by atoms with Crippen molar-refractivity contribution in [3.05, 3.63) is 29.8 Å². The van der Waals surface area contributed by atoms with Gasteiger partial charge in [0.25, 0.3) is 0 Å². The molecule has 1 aromatic carbocycles. The Morgan fingerprint density at radius 3 is 2.44 bits per heavy atom. The Balaban J connectivity index is 2.53. The molecule has 1 fully saturated rings. The highest BCUT2D eigenvalue weighted by Crippen LogP contribution is 2.34. The SMILES string of the molecule is Cc1ccccc1S(=O)(=O)N1C(C)OCC1(C)C. The molecule has 1 aliphatic rings. The molecule has 1 heterocycles. The molecule has 100 valence electrons. The minimum atomic E-state index is -3.52. The van der Waals surface area contributed by atoms with Crippen LogP contribution in [0.4, 0.5) is 0 Å². The van der Waals surface area contributed by atoms with E-state index in [0.29, 0.717) is 11.5 Å². The Morgan fingerprint density at radius 2 is 1.94 bits per heavy atom. The first-order chi connectivity index (χ1) is 8.27. The standard InChI is InChI=1S/C13H19NO3S/c1-10-7-5-6-8-12(10)18(15,16)14-11(2)17-9-13(14,3)4/h5-8,11H,9H2,1-4H3. The second-order valence-corrected chi connectivity index (χ2v) is 7.07. The van der Waals surface area contributed by atoms with Crippen LogP contribution in [-0.4, -0.2) is 31.1 Å². The van der Waals surface area contributed by atoms with Crippen molar-refractivity contribution in [3.63, 3.8) is 0 Å². The molecule has 0 amide bonds. The van der Waals surface area contributed by atoms with Crippen LogP contribution in [-0.2, 0) is 14.8 Å². The molecule has 0 saturated carbocycles. The maximum atomic E-state index is 12.7. The van der Waals surface area contributed by atoms with Crippen LogP contribution in [0.2, 0.25) is 0 Å². The number of benzene rings is 1. The van der Waals surface area contributed by atoms with Crippen molar-refractivity contribution in [2.24, 2.45) is 0 Å². The Bertz CT molecular complexity index is 551. The van der Waals surface area contributed by atoms with E-state index in [2.05, 4.69) is 0 Å². The van der Waals surface area contributed by atoms with Gasteiger partial charge in [0, 0.05) is 0 Å². The van der Waals surface area contributed by atoms with Crippen LogP contribution in [0.3, 0.4) is 0 Å². The fourth-order valence-corrected chi connectivity index (χ4v) is 4.51. The molecule has 0 spiro atoms. The van der Waals surface area contributed by atoms with Crippen LogP contribution in [0.5, 0.6) is 0 Å². The molecule has 0 aliphatic carbocycles. The normalized spacial score (nSPS) is 24.3. The summed E-state index contributed by atoms with van der Waals surface area (Å²) in [6.07, 6.45) is -0.426. The van der Waals surface area contributed by atoms with Gasteiger partial charge in [0.2, 0.25) is 10.0 Å². The lowest BCUT2D eigenvalue weighted by atomic mass is 10.1. The van der Waals surface area contributed by atoms with Gasteiger partial charge in [0.05, 0.1) is 17.0 Å². The predicted octanol–water partition coefficient (Wildman–Crippen LogP) is 2.14. The van der Waals surface area contributed by atoms with Crippen molar-refractivity contribution in [1.82, 2.24) is 4.31 Å². The zero-order chi connectivity index (χ0) is 13.6. The molecule has 0 aromatic heterocycles. The van der Waals surface area contributed by atoms with Crippen molar-refractivity contribution in [1.29, 1.82) is 0 Å². The summed E-state index contributed by atoms with van der Waals surface area (Å²) in [5, 5.41) is 0. The second kappa shape index (κ2) is 4.33. The Kier molecular flexibility index (Phi) is 3.25. The van der Waals surface area contributed by atoms with Gasteiger partial charge in [-0.15, -0.1) is 0 Å². The van der Waals surface area contributed by atoms with E-state index in [4.69, 9.17) is 4.74 Å². The smallest absolute Gasteiger partial charge is 0.246 e. The molecule has 18 heavy (non-hydrogen) atoms. The Morgan fingerprint density at radius 1 is 1.33 bits per heavy atom. The number of hydrogen-bond donors (Lipinski definition) is 0. The Labute approximate surface area is 109 Å². The van der Waals surface area contributed by atoms with Crippen LogP contribution in [0.15, 0.2) is 29.2 Å². The van der Waals surface area contributed by atoms with E-state index >= 15 is 0 Å². The fourth-order valence-electron chi connectivity index (χ4n) is 2.42. The van der Waals surface area contributed by atoms with Crippen molar-refractivity contribution in [2.45, 2.75) is 44.4 Å². The molecule has 4 nitrogen and oxygen atoms in total. The van der Waals surface area contributed by atoms with Crippen molar-refractivity contribution in [3.8, 4) is 0 Å². The molecule has 1 unspecified atom stereocenters. The number of ether oxygens (including phenoxy) is 1. The predicted molar refractivity (Wildman–Crippen MR) is 69.7 cm³/mol. The lowest BCUT2D eigenvalue weighted by molar-refractivity contribution is 0.0843. The molecule has 1 saturated heterocycles. The summed E-state index contributed by atoms with van der Waals surface area (Å²) in [5.41, 5.74) is 0.243. The highest BCUT2D eigenvalue weighted by Gasteiger charge is 2.46. The highest BCUT2D eigenvalue weighted by atomic mass is 32.2. The lowest BCUT2D eigenvalue weighted by Gasteiger charge is -2.31. The largest absolute Gasteiger partial charge is 0.360 e. The third kappa shape index (κ3) is 2.06. The number of hydrogen-bond acceptors (Lipinski definition) is 3. The molecule has 1 aliphatic heterocycles. The van der Waals surface area contributed by atoms with E-state index in [1.54, 1.807) is 19.1 Å². The average Bonchev–Trinajstić information content (AvgIpc) is 2.53. The summed E-state index contributed by atoms with van der Waals surface area (Å²) < 4.78 is 32.4. The maximum absolute atomic E-state index is 12.7. The van der Waals surface area contributed by atoms with Gasteiger partial charge in [-0.3, -0.25) is 0 Å². The quantitative estimate of drug-likeness (QED) is 0.826. The van der Waals surface area contributed by atoms with Gasteiger partial charge in [-0.1, -0.05) is 18.2 Å². The number of sulfonamides is 1. The molecule has 0 bridgehead atoms. The summed E-state index contributed by atoms with van der Waals surface area (Å²) >= 11 is 0. The van der Waals surface area contributed by atoms with E-state index in [1.165, 1.54) is 4.31 Å². The van der Waals surface area contributed by atoms with Crippen molar-refractivity contribution in [2.75, 3.05) is 6.61 Å². The molecule has 2 rings (SSSR count). The third-order valence-corrected chi connectivity index (χ3v) is 5.56. The highest BCUT2D eigenvalue weighted by molar-refractivity contribution is 7.89. The molecule has 1 aromatic rings. The van der Waals surface area contributed by atoms with Gasteiger partial charge in [-0.25, -0.2) is 8.42 Å². The zero-order valence-corrected chi connectivity index (χ0v) is 12.0.